The predicted octanol–water partition coefficient (Wildman–Crippen LogP) is 3.97. The monoisotopic (exact) mass is 436 g/mol. The van der Waals surface area contributed by atoms with Crippen LogP contribution in [0.15, 0.2) is 78.9 Å². The van der Waals surface area contributed by atoms with Gasteiger partial charge in [0.15, 0.2) is 0 Å². The molecule has 1 amide bonds. The van der Waals surface area contributed by atoms with Gasteiger partial charge in [0.1, 0.15) is 0 Å². The van der Waals surface area contributed by atoms with E-state index >= 15 is 0 Å². The van der Waals surface area contributed by atoms with Crippen molar-refractivity contribution in [2.75, 3.05) is 12.8 Å². The second kappa shape index (κ2) is 9.90. The number of benzene rings is 3. The number of rotatable bonds is 8. The maximum absolute atomic E-state index is 13.0. The molecular formula is C25H28N2O3S. The Bertz CT molecular complexity index is 1130. The standard InChI is InChI=1S/C25H28N2O3S/c1-19-14-15-23(20(2)16-19)25(22-12-8-5-9-13-22)26-24(28)18-27(31(3,29)30)17-21-10-6-4-7-11-21/h4-16,25H,17-18H2,1-3H3,(H,26,28). The van der Waals surface area contributed by atoms with E-state index in [0.717, 1.165) is 34.1 Å². The number of sulfonamides is 1. The molecule has 3 aromatic rings. The van der Waals surface area contributed by atoms with Crippen LogP contribution in [0.2, 0.25) is 0 Å². The summed E-state index contributed by atoms with van der Waals surface area (Å²) in [6, 6.07) is 24.7. The largest absolute Gasteiger partial charge is 0.344 e. The van der Waals surface area contributed by atoms with Gasteiger partial charge in [-0.15, -0.1) is 0 Å². The Morgan fingerprint density at radius 1 is 0.935 bits per heavy atom. The molecule has 0 aliphatic rings. The topological polar surface area (TPSA) is 66.5 Å². The van der Waals surface area contributed by atoms with Crippen LogP contribution in [0.3, 0.4) is 0 Å². The van der Waals surface area contributed by atoms with Crippen molar-refractivity contribution in [1.82, 2.24) is 9.62 Å². The number of carbonyl (C=O) groups is 1. The van der Waals surface area contributed by atoms with E-state index in [-0.39, 0.29) is 25.0 Å². The zero-order chi connectivity index (χ0) is 22.4. The predicted molar refractivity (Wildman–Crippen MR) is 124 cm³/mol. The molecule has 0 bridgehead atoms. The van der Waals surface area contributed by atoms with Crippen LogP contribution in [0.1, 0.15) is 33.9 Å². The highest BCUT2D eigenvalue weighted by molar-refractivity contribution is 7.88. The highest BCUT2D eigenvalue weighted by Gasteiger charge is 2.24. The van der Waals surface area contributed by atoms with Crippen molar-refractivity contribution in [3.8, 4) is 0 Å². The van der Waals surface area contributed by atoms with E-state index in [1.807, 2.05) is 86.6 Å². The quantitative estimate of drug-likeness (QED) is 0.581. The maximum atomic E-state index is 13.0. The van der Waals surface area contributed by atoms with E-state index in [1.165, 1.54) is 4.31 Å². The van der Waals surface area contributed by atoms with Gasteiger partial charge < -0.3 is 5.32 Å². The molecule has 0 saturated heterocycles. The lowest BCUT2D eigenvalue weighted by Gasteiger charge is -2.25. The van der Waals surface area contributed by atoms with Crippen molar-refractivity contribution in [3.05, 3.63) is 107 Å². The van der Waals surface area contributed by atoms with Gasteiger partial charge in [0.05, 0.1) is 18.8 Å². The average molecular weight is 437 g/mol. The Labute approximate surface area is 184 Å². The number of hydrogen-bond donors (Lipinski definition) is 1. The molecule has 1 unspecified atom stereocenters. The number of amides is 1. The minimum absolute atomic E-state index is 0.145. The second-order valence-corrected chi connectivity index (χ2v) is 9.77. The smallest absolute Gasteiger partial charge is 0.236 e. The van der Waals surface area contributed by atoms with Crippen LogP contribution in [0.5, 0.6) is 0 Å². The van der Waals surface area contributed by atoms with Crippen LogP contribution in [-0.4, -0.2) is 31.4 Å². The number of hydrogen-bond acceptors (Lipinski definition) is 3. The first-order valence-electron chi connectivity index (χ1n) is 10.1. The number of aryl methyl sites for hydroxylation is 2. The van der Waals surface area contributed by atoms with Gasteiger partial charge in [-0.1, -0.05) is 84.4 Å². The average Bonchev–Trinajstić information content (AvgIpc) is 2.73. The molecule has 3 rings (SSSR count). The highest BCUT2D eigenvalue weighted by Crippen LogP contribution is 2.26. The Hall–Kier alpha value is -2.96. The van der Waals surface area contributed by atoms with Crippen LogP contribution >= 0.6 is 0 Å². The van der Waals surface area contributed by atoms with Crippen LogP contribution in [0.25, 0.3) is 0 Å². The van der Waals surface area contributed by atoms with Crippen molar-refractivity contribution < 1.29 is 13.2 Å². The van der Waals surface area contributed by atoms with E-state index < -0.39 is 10.0 Å². The fourth-order valence-electron chi connectivity index (χ4n) is 3.58. The zero-order valence-electron chi connectivity index (χ0n) is 18.1. The summed E-state index contributed by atoms with van der Waals surface area (Å²) in [6.45, 7) is 3.94. The first-order valence-corrected chi connectivity index (χ1v) is 12.0. The first-order chi connectivity index (χ1) is 14.7. The summed E-state index contributed by atoms with van der Waals surface area (Å²) in [5.74, 6) is -0.352. The molecule has 0 aromatic heterocycles. The first kappa shape index (κ1) is 22.7. The number of carbonyl (C=O) groups excluding carboxylic acids is 1. The fraction of sp³-hybridized carbons (Fsp3) is 0.240. The Morgan fingerprint density at radius 3 is 2.13 bits per heavy atom. The normalized spacial score (nSPS) is 12.5. The molecule has 162 valence electrons. The van der Waals surface area contributed by atoms with Crippen molar-refractivity contribution in [3.63, 3.8) is 0 Å². The van der Waals surface area contributed by atoms with Gasteiger partial charge in [0.25, 0.3) is 0 Å². The lowest BCUT2D eigenvalue weighted by molar-refractivity contribution is -0.121. The molecule has 5 nitrogen and oxygen atoms in total. The molecule has 0 spiro atoms. The molecule has 0 radical (unpaired) electrons. The maximum Gasteiger partial charge on any atom is 0.236 e. The Balaban J connectivity index is 1.85. The minimum atomic E-state index is -3.56. The summed E-state index contributed by atoms with van der Waals surface area (Å²) in [7, 11) is -3.56. The Kier molecular flexibility index (Phi) is 7.25. The molecule has 1 atom stereocenters. The molecule has 1 N–H and O–H groups in total. The summed E-state index contributed by atoms with van der Waals surface area (Å²) in [6.07, 6.45) is 1.13. The molecule has 6 heteroatoms. The third-order valence-electron chi connectivity index (χ3n) is 5.17. The van der Waals surface area contributed by atoms with Gasteiger partial charge in [0, 0.05) is 6.54 Å². The summed E-state index contributed by atoms with van der Waals surface area (Å²) in [5.41, 5.74) is 4.97. The zero-order valence-corrected chi connectivity index (χ0v) is 18.9. The lowest BCUT2D eigenvalue weighted by Crippen LogP contribution is -2.41. The van der Waals surface area contributed by atoms with Gasteiger partial charge in [-0.3, -0.25) is 4.79 Å². The molecule has 0 aliphatic carbocycles. The number of nitrogens with one attached hydrogen (secondary N) is 1. The van der Waals surface area contributed by atoms with Crippen LogP contribution < -0.4 is 5.32 Å². The van der Waals surface area contributed by atoms with Gasteiger partial charge >= 0.3 is 0 Å². The summed E-state index contributed by atoms with van der Waals surface area (Å²) in [5, 5.41) is 3.05. The van der Waals surface area contributed by atoms with Crippen LogP contribution in [-0.2, 0) is 21.4 Å². The summed E-state index contributed by atoms with van der Waals surface area (Å²) in [4.78, 5) is 13.0. The molecule has 0 aliphatic heterocycles. The van der Waals surface area contributed by atoms with E-state index in [4.69, 9.17) is 0 Å². The summed E-state index contributed by atoms with van der Waals surface area (Å²) >= 11 is 0. The SMILES string of the molecule is Cc1ccc(C(NC(=O)CN(Cc2ccccc2)S(C)(=O)=O)c2ccccc2)c(C)c1. The third-order valence-corrected chi connectivity index (χ3v) is 6.36. The highest BCUT2D eigenvalue weighted by atomic mass is 32.2. The van der Waals surface area contributed by atoms with Gasteiger partial charge in [-0.2, -0.15) is 4.31 Å². The molecule has 0 heterocycles. The molecule has 31 heavy (non-hydrogen) atoms. The third kappa shape index (κ3) is 6.26. The van der Waals surface area contributed by atoms with Crippen molar-refractivity contribution in [1.29, 1.82) is 0 Å². The van der Waals surface area contributed by atoms with Crippen molar-refractivity contribution in [2.45, 2.75) is 26.4 Å². The molecular weight excluding hydrogens is 408 g/mol. The van der Waals surface area contributed by atoms with Crippen molar-refractivity contribution >= 4 is 15.9 Å². The van der Waals surface area contributed by atoms with Gasteiger partial charge in [-0.25, -0.2) is 8.42 Å². The van der Waals surface area contributed by atoms with E-state index in [2.05, 4.69) is 11.4 Å². The Morgan fingerprint density at radius 2 is 1.55 bits per heavy atom. The van der Waals surface area contributed by atoms with E-state index in [1.54, 1.807) is 0 Å². The van der Waals surface area contributed by atoms with Crippen LogP contribution in [0.4, 0.5) is 0 Å². The summed E-state index contributed by atoms with van der Waals surface area (Å²) < 4.78 is 25.9. The van der Waals surface area contributed by atoms with Crippen LogP contribution in [0, 0.1) is 13.8 Å². The number of nitrogens with zero attached hydrogens (tertiary/aromatic N) is 1. The lowest BCUT2D eigenvalue weighted by atomic mass is 9.94. The molecule has 0 fully saturated rings. The minimum Gasteiger partial charge on any atom is -0.344 e. The molecule has 0 saturated carbocycles. The van der Waals surface area contributed by atoms with Crippen molar-refractivity contribution in [2.24, 2.45) is 0 Å². The van der Waals surface area contributed by atoms with Gasteiger partial charge in [-0.05, 0) is 36.1 Å². The second-order valence-electron chi connectivity index (χ2n) is 7.79. The fourth-order valence-corrected chi connectivity index (χ4v) is 4.32. The van der Waals surface area contributed by atoms with E-state index in [0.29, 0.717) is 0 Å². The molecule has 3 aromatic carbocycles. The van der Waals surface area contributed by atoms with E-state index in [9.17, 15) is 13.2 Å². The van der Waals surface area contributed by atoms with Gasteiger partial charge in [0.2, 0.25) is 15.9 Å².